The molecule has 1 heterocycles. The van der Waals surface area contributed by atoms with Gasteiger partial charge in [0.15, 0.2) is 0 Å². The van der Waals surface area contributed by atoms with E-state index in [1.54, 1.807) is 12.0 Å². The molecule has 2 atom stereocenters. The Balaban J connectivity index is 0.00000324. The summed E-state index contributed by atoms with van der Waals surface area (Å²) >= 11 is 0. The number of nitrogens with zero attached hydrogens (tertiary/aromatic N) is 1. The van der Waals surface area contributed by atoms with Gasteiger partial charge in [-0.05, 0) is 13.3 Å². The van der Waals surface area contributed by atoms with Crippen molar-refractivity contribution in [2.45, 2.75) is 25.8 Å². The van der Waals surface area contributed by atoms with Gasteiger partial charge in [0.1, 0.15) is 0 Å². The van der Waals surface area contributed by atoms with Gasteiger partial charge in [-0.25, -0.2) is 0 Å². The van der Waals surface area contributed by atoms with E-state index in [9.17, 15) is 9.59 Å². The summed E-state index contributed by atoms with van der Waals surface area (Å²) in [5.41, 5.74) is 5.60. The number of ether oxygens (including phenoxy) is 1. The van der Waals surface area contributed by atoms with E-state index in [-0.39, 0.29) is 36.2 Å². The Hall–Kier alpha value is -0.850. The van der Waals surface area contributed by atoms with Gasteiger partial charge in [0, 0.05) is 39.2 Å². The van der Waals surface area contributed by atoms with Crippen LogP contribution in [0, 0.1) is 5.92 Å². The zero-order valence-corrected chi connectivity index (χ0v) is 12.4. The first-order valence-corrected chi connectivity index (χ1v) is 6.34. The lowest BCUT2D eigenvalue weighted by Crippen LogP contribution is -2.35. The van der Waals surface area contributed by atoms with E-state index in [2.05, 4.69) is 5.32 Å². The number of halogens is 1. The molecule has 3 N–H and O–H groups in total. The van der Waals surface area contributed by atoms with E-state index >= 15 is 0 Å². The number of hydrogen-bond acceptors (Lipinski definition) is 4. The Bertz CT molecular complexity index is 300. The third-order valence-electron chi connectivity index (χ3n) is 3.05. The molecule has 1 aliphatic heterocycles. The molecular weight excluding hydrogens is 270 g/mol. The Labute approximate surface area is 120 Å². The highest BCUT2D eigenvalue weighted by Gasteiger charge is 2.33. The lowest BCUT2D eigenvalue weighted by Gasteiger charge is -2.16. The van der Waals surface area contributed by atoms with Crippen LogP contribution in [-0.4, -0.2) is 56.1 Å². The lowest BCUT2D eigenvalue weighted by molar-refractivity contribution is -0.129. The van der Waals surface area contributed by atoms with Crippen LogP contribution >= 0.6 is 12.4 Å². The van der Waals surface area contributed by atoms with Crippen LogP contribution in [-0.2, 0) is 14.3 Å². The van der Waals surface area contributed by atoms with Crippen molar-refractivity contribution in [3.05, 3.63) is 0 Å². The van der Waals surface area contributed by atoms with Crippen LogP contribution in [0.15, 0.2) is 0 Å². The van der Waals surface area contributed by atoms with Crippen LogP contribution in [0.3, 0.4) is 0 Å². The van der Waals surface area contributed by atoms with E-state index in [4.69, 9.17) is 10.5 Å². The first-order valence-electron chi connectivity index (χ1n) is 6.34. The van der Waals surface area contributed by atoms with Crippen molar-refractivity contribution in [3.63, 3.8) is 0 Å². The lowest BCUT2D eigenvalue weighted by atomic mass is 10.1. The van der Waals surface area contributed by atoms with Crippen LogP contribution in [0.25, 0.3) is 0 Å². The van der Waals surface area contributed by atoms with Crippen molar-refractivity contribution < 1.29 is 14.3 Å². The largest absolute Gasteiger partial charge is 0.383 e. The average Bonchev–Trinajstić information content (AvgIpc) is 2.67. The number of hydrogen-bond donors (Lipinski definition) is 2. The van der Waals surface area contributed by atoms with E-state index < -0.39 is 0 Å². The molecule has 0 aromatic rings. The van der Waals surface area contributed by atoms with Gasteiger partial charge in [-0.3, -0.25) is 9.59 Å². The third-order valence-corrected chi connectivity index (χ3v) is 3.05. The van der Waals surface area contributed by atoms with Crippen LogP contribution in [0.5, 0.6) is 0 Å². The minimum atomic E-state index is -0.234. The summed E-state index contributed by atoms with van der Waals surface area (Å²) < 4.78 is 4.93. The Kier molecular flexibility index (Phi) is 8.71. The van der Waals surface area contributed by atoms with E-state index in [1.807, 2.05) is 6.92 Å². The predicted molar refractivity (Wildman–Crippen MR) is 75.1 cm³/mol. The van der Waals surface area contributed by atoms with Gasteiger partial charge in [0.25, 0.3) is 0 Å². The van der Waals surface area contributed by atoms with Crippen LogP contribution in [0.1, 0.15) is 19.8 Å². The molecule has 19 heavy (non-hydrogen) atoms. The number of nitrogens with one attached hydrogen (secondary N) is 1. The zero-order chi connectivity index (χ0) is 13.5. The number of carbonyl (C=O) groups is 2. The molecule has 0 aliphatic carbocycles. The molecule has 112 valence electrons. The Morgan fingerprint density at radius 1 is 1.63 bits per heavy atom. The first kappa shape index (κ1) is 18.1. The van der Waals surface area contributed by atoms with Crippen LogP contribution < -0.4 is 11.1 Å². The summed E-state index contributed by atoms with van der Waals surface area (Å²) in [6, 6.07) is 0.0775. The van der Waals surface area contributed by atoms with Crippen molar-refractivity contribution in [2.75, 3.05) is 33.4 Å². The number of amides is 2. The summed E-state index contributed by atoms with van der Waals surface area (Å²) in [5.74, 6) is -0.259. The average molecular weight is 294 g/mol. The minimum Gasteiger partial charge on any atom is -0.383 e. The molecule has 1 rings (SSSR count). The van der Waals surface area contributed by atoms with Crippen LogP contribution in [0.4, 0.5) is 0 Å². The fraction of sp³-hybridized carbons (Fsp3) is 0.833. The quantitative estimate of drug-likeness (QED) is 0.678. The molecule has 1 aliphatic rings. The highest BCUT2D eigenvalue weighted by atomic mass is 35.5. The van der Waals surface area contributed by atoms with Gasteiger partial charge >= 0.3 is 0 Å². The molecule has 0 bridgehead atoms. The minimum absolute atomic E-state index is 0. The van der Waals surface area contributed by atoms with Crippen LogP contribution in [0.2, 0.25) is 0 Å². The van der Waals surface area contributed by atoms with Gasteiger partial charge in [0.05, 0.1) is 12.5 Å². The number of likely N-dealkylation sites (tertiary alicyclic amines) is 1. The third kappa shape index (κ3) is 6.22. The summed E-state index contributed by atoms with van der Waals surface area (Å²) in [7, 11) is 1.60. The van der Waals surface area contributed by atoms with E-state index in [0.29, 0.717) is 32.7 Å². The summed E-state index contributed by atoms with van der Waals surface area (Å²) in [6.45, 7) is 4.02. The molecular formula is C12H24ClN3O3. The fourth-order valence-corrected chi connectivity index (χ4v) is 1.93. The highest BCUT2D eigenvalue weighted by Crippen LogP contribution is 2.17. The standard InChI is InChI=1S/C12H23N3O3.ClH/c1-9(13)3-4-14-12(17)10-7-11(16)15(8-10)5-6-18-2;/h9-10H,3-8,13H2,1-2H3,(H,14,17);1H. The number of rotatable bonds is 7. The Morgan fingerprint density at radius 3 is 2.89 bits per heavy atom. The second-order valence-electron chi connectivity index (χ2n) is 4.79. The van der Waals surface area contributed by atoms with Crippen molar-refractivity contribution in [1.29, 1.82) is 0 Å². The molecule has 7 heteroatoms. The Morgan fingerprint density at radius 2 is 2.32 bits per heavy atom. The highest BCUT2D eigenvalue weighted by molar-refractivity contribution is 5.89. The van der Waals surface area contributed by atoms with Gasteiger partial charge in [-0.15, -0.1) is 12.4 Å². The maximum Gasteiger partial charge on any atom is 0.225 e. The summed E-state index contributed by atoms with van der Waals surface area (Å²) in [5, 5.41) is 2.82. The molecule has 0 radical (unpaired) electrons. The van der Waals surface area contributed by atoms with Gasteiger partial charge in [-0.2, -0.15) is 0 Å². The van der Waals surface area contributed by atoms with Gasteiger partial charge in [-0.1, -0.05) is 0 Å². The maximum atomic E-state index is 11.8. The first-order chi connectivity index (χ1) is 8.54. The predicted octanol–water partition coefficient (Wildman–Crippen LogP) is -0.243. The second kappa shape index (κ2) is 9.12. The maximum absolute atomic E-state index is 11.8. The molecule has 1 fully saturated rings. The van der Waals surface area contributed by atoms with E-state index in [1.165, 1.54) is 0 Å². The fourth-order valence-electron chi connectivity index (χ4n) is 1.93. The smallest absolute Gasteiger partial charge is 0.225 e. The molecule has 1 saturated heterocycles. The summed E-state index contributed by atoms with van der Waals surface area (Å²) in [4.78, 5) is 25.2. The molecule has 0 spiro atoms. The molecule has 2 unspecified atom stereocenters. The number of nitrogens with two attached hydrogens (primary N) is 1. The second-order valence-corrected chi connectivity index (χ2v) is 4.79. The number of methoxy groups -OCH3 is 1. The van der Waals surface area contributed by atoms with Gasteiger partial charge < -0.3 is 20.7 Å². The van der Waals surface area contributed by atoms with Crippen molar-refractivity contribution in [1.82, 2.24) is 10.2 Å². The summed E-state index contributed by atoms with van der Waals surface area (Å²) in [6.07, 6.45) is 1.05. The van der Waals surface area contributed by atoms with Gasteiger partial charge in [0.2, 0.25) is 11.8 Å². The topological polar surface area (TPSA) is 84.7 Å². The monoisotopic (exact) mass is 293 g/mol. The molecule has 0 aromatic heterocycles. The normalized spacial score (nSPS) is 20.1. The molecule has 2 amide bonds. The van der Waals surface area contributed by atoms with E-state index in [0.717, 1.165) is 6.42 Å². The molecule has 0 saturated carbocycles. The number of carbonyl (C=O) groups excluding carboxylic acids is 2. The van der Waals surface area contributed by atoms with Crippen molar-refractivity contribution >= 4 is 24.2 Å². The van der Waals surface area contributed by atoms with Crippen molar-refractivity contribution in [2.24, 2.45) is 11.7 Å². The van der Waals surface area contributed by atoms with Crippen molar-refractivity contribution in [3.8, 4) is 0 Å². The molecule has 6 nitrogen and oxygen atoms in total. The SMILES string of the molecule is COCCN1CC(C(=O)NCCC(C)N)CC1=O.Cl. The molecule has 0 aromatic carbocycles. The zero-order valence-electron chi connectivity index (χ0n) is 11.6.